The van der Waals surface area contributed by atoms with E-state index in [9.17, 15) is 4.79 Å². The van der Waals surface area contributed by atoms with E-state index in [0.717, 1.165) is 30.6 Å². The number of aryl methyl sites for hydroxylation is 1. The van der Waals surface area contributed by atoms with Gasteiger partial charge in [0.1, 0.15) is 5.82 Å². The first-order chi connectivity index (χ1) is 10.7. The van der Waals surface area contributed by atoms with E-state index in [4.69, 9.17) is 11.5 Å². The molecule has 0 aliphatic heterocycles. The predicted molar refractivity (Wildman–Crippen MR) is 87.6 cm³/mol. The van der Waals surface area contributed by atoms with E-state index in [-0.39, 0.29) is 5.91 Å². The van der Waals surface area contributed by atoms with Crippen molar-refractivity contribution in [2.75, 3.05) is 18.8 Å². The molecule has 0 saturated heterocycles. The lowest BCUT2D eigenvalue weighted by molar-refractivity contribution is -0.121. The van der Waals surface area contributed by atoms with Crippen molar-refractivity contribution in [1.82, 2.24) is 15.1 Å². The third-order valence-corrected chi connectivity index (χ3v) is 3.33. The van der Waals surface area contributed by atoms with Gasteiger partial charge in [-0.25, -0.2) is 4.68 Å². The first kappa shape index (κ1) is 16.0. The van der Waals surface area contributed by atoms with Gasteiger partial charge in [0.25, 0.3) is 0 Å². The average Bonchev–Trinajstić information content (AvgIpc) is 2.91. The quantitative estimate of drug-likeness (QED) is 0.639. The summed E-state index contributed by atoms with van der Waals surface area (Å²) >= 11 is 0. The maximum absolute atomic E-state index is 11.5. The second-order valence-corrected chi connectivity index (χ2v) is 5.15. The molecule has 1 amide bonds. The molecule has 0 atom stereocenters. The number of nitrogens with two attached hydrogens (primary N) is 2. The standard InChI is InChI=1S/C16H23N5O/c17-10-4-9-16(22)19-11-5-6-13-12-15(18)21(20-13)14-7-2-1-3-8-14/h1-3,7-8,12H,4-6,9-11,17-18H2,(H,19,22). The van der Waals surface area contributed by atoms with Crippen LogP contribution in [0.3, 0.4) is 0 Å². The smallest absolute Gasteiger partial charge is 0.220 e. The van der Waals surface area contributed by atoms with Gasteiger partial charge < -0.3 is 16.8 Å². The number of benzene rings is 1. The van der Waals surface area contributed by atoms with Crippen molar-refractivity contribution in [3.63, 3.8) is 0 Å². The molecule has 0 spiro atoms. The molecule has 0 bridgehead atoms. The minimum atomic E-state index is 0.0554. The zero-order chi connectivity index (χ0) is 15.8. The van der Waals surface area contributed by atoms with Crippen LogP contribution in [0.5, 0.6) is 0 Å². The van der Waals surface area contributed by atoms with Crippen molar-refractivity contribution in [3.8, 4) is 5.69 Å². The number of carbonyl (C=O) groups is 1. The highest BCUT2D eigenvalue weighted by atomic mass is 16.1. The number of anilines is 1. The molecule has 0 aliphatic carbocycles. The van der Waals surface area contributed by atoms with Crippen LogP contribution in [0, 0.1) is 0 Å². The van der Waals surface area contributed by atoms with Crippen LogP contribution in [0.1, 0.15) is 25.0 Å². The van der Waals surface area contributed by atoms with Crippen LogP contribution in [-0.4, -0.2) is 28.8 Å². The fourth-order valence-electron chi connectivity index (χ4n) is 2.19. The van der Waals surface area contributed by atoms with E-state index in [1.165, 1.54) is 0 Å². The summed E-state index contributed by atoms with van der Waals surface area (Å²) in [4.78, 5) is 11.5. The third-order valence-electron chi connectivity index (χ3n) is 3.33. The summed E-state index contributed by atoms with van der Waals surface area (Å²) in [5.41, 5.74) is 13.2. The monoisotopic (exact) mass is 301 g/mol. The summed E-state index contributed by atoms with van der Waals surface area (Å²) < 4.78 is 1.73. The molecule has 0 fully saturated rings. The van der Waals surface area contributed by atoms with E-state index >= 15 is 0 Å². The minimum absolute atomic E-state index is 0.0554. The highest BCUT2D eigenvalue weighted by Gasteiger charge is 2.07. The van der Waals surface area contributed by atoms with E-state index < -0.39 is 0 Å². The summed E-state index contributed by atoms with van der Waals surface area (Å²) in [5, 5.41) is 7.39. The molecule has 0 aliphatic rings. The van der Waals surface area contributed by atoms with Crippen molar-refractivity contribution in [2.45, 2.75) is 25.7 Å². The Morgan fingerprint density at radius 2 is 2.00 bits per heavy atom. The zero-order valence-electron chi connectivity index (χ0n) is 12.7. The molecule has 1 heterocycles. The molecule has 6 nitrogen and oxygen atoms in total. The summed E-state index contributed by atoms with van der Waals surface area (Å²) in [5.74, 6) is 0.674. The van der Waals surface area contributed by atoms with Gasteiger partial charge in [0, 0.05) is 19.0 Å². The van der Waals surface area contributed by atoms with E-state index in [0.29, 0.717) is 25.3 Å². The van der Waals surface area contributed by atoms with Crippen LogP contribution in [0.25, 0.3) is 5.69 Å². The number of hydrogen-bond acceptors (Lipinski definition) is 4. The van der Waals surface area contributed by atoms with Gasteiger partial charge in [0.2, 0.25) is 5.91 Å². The van der Waals surface area contributed by atoms with Gasteiger partial charge >= 0.3 is 0 Å². The number of para-hydroxylation sites is 1. The number of nitrogens with one attached hydrogen (secondary N) is 1. The number of carbonyl (C=O) groups excluding carboxylic acids is 1. The Balaban J connectivity index is 1.81. The van der Waals surface area contributed by atoms with Gasteiger partial charge in [-0.1, -0.05) is 18.2 Å². The van der Waals surface area contributed by atoms with Crippen molar-refractivity contribution >= 4 is 11.7 Å². The fourth-order valence-corrected chi connectivity index (χ4v) is 2.19. The molecule has 1 aromatic heterocycles. The normalized spacial score (nSPS) is 10.6. The average molecular weight is 301 g/mol. The number of rotatable bonds is 8. The fraction of sp³-hybridized carbons (Fsp3) is 0.375. The second-order valence-electron chi connectivity index (χ2n) is 5.15. The molecular weight excluding hydrogens is 278 g/mol. The molecular formula is C16H23N5O. The Labute approximate surface area is 130 Å². The predicted octanol–water partition coefficient (Wildman–Crippen LogP) is 1.24. The third kappa shape index (κ3) is 4.60. The SMILES string of the molecule is NCCCC(=O)NCCCc1cc(N)n(-c2ccccc2)n1. The van der Waals surface area contributed by atoms with E-state index in [1.807, 2.05) is 36.4 Å². The van der Waals surface area contributed by atoms with Crippen LogP contribution < -0.4 is 16.8 Å². The summed E-state index contributed by atoms with van der Waals surface area (Å²) in [6.07, 6.45) is 2.83. The molecule has 6 heteroatoms. The Hall–Kier alpha value is -2.34. The maximum Gasteiger partial charge on any atom is 0.220 e. The highest BCUT2D eigenvalue weighted by Crippen LogP contribution is 2.14. The molecule has 5 N–H and O–H groups in total. The summed E-state index contributed by atoms with van der Waals surface area (Å²) in [6, 6.07) is 11.7. The van der Waals surface area contributed by atoms with Gasteiger partial charge in [-0.3, -0.25) is 4.79 Å². The minimum Gasteiger partial charge on any atom is -0.384 e. The van der Waals surface area contributed by atoms with Crippen LogP contribution in [0.4, 0.5) is 5.82 Å². The highest BCUT2D eigenvalue weighted by molar-refractivity contribution is 5.75. The lowest BCUT2D eigenvalue weighted by Crippen LogP contribution is -2.25. The van der Waals surface area contributed by atoms with Crippen LogP contribution in [-0.2, 0) is 11.2 Å². The molecule has 2 rings (SSSR count). The lowest BCUT2D eigenvalue weighted by atomic mass is 10.2. The molecule has 0 saturated carbocycles. The first-order valence-corrected chi connectivity index (χ1v) is 7.57. The Morgan fingerprint density at radius 3 is 2.73 bits per heavy atom. The second kappa shape index (κ2) is 8.19. The van der Waals surface area contributed by atoms with Crippen molar-refractivity contribution in [2.24, 2.45) is 5.73 Å². The van der Waals surface area contributed by atoms with Crippen LogP contribution in [0.15, 0.2) is 36.4 Å². The molecule has 0 unspecified atom stereocenters. The Morgan fingerprint density at radius 1 is 1.23 bits per heavy atom. The largest absolute Gasteiger partial charge is 0.384 e. The number of amides is 1. The van der Waals surface area contributed by atoms with Crippen LogP contribution in [0.2, 0.25) is 0 Å². The summed E-state index contributed by atoms with van der Waals surface area (Å²) in [7, 11) is 0. The maximum atomic E-state index is 11.5. The Bertz CT molecular complexity index is 594. The van der Waals surface area contributed by atoms with Gasteiger partial charge in [-0.05, 0) is 37.9 Å². The van der Waals surface area contributed by atoms with Gasteiger partial charge in [-0.15, -0.1) is 0 Å². The molecule has 2 aromatic rings. The molecule has 1 aromatic carbocycles. The van der Waals surface area contributed by atoms with Crippen molar-refractivity contribution < 1.29 is 4.79 Å². The zero-order valence-corrected chi connectivity index (χ0v) is 12.7. The van der Waals surface area contributed by atoms with Crippen molar-refractivity contribution in [3.05, 3.63) is 42.1 Å². The first-order valence-electron chi connectivity index (χ1n) is 7.57. The van der Waals surface area contributed by atoms with Crippen LogP contribution >= 0.6 is 0 Å². The van der Waals surface area contributed by atoms with Gasteiger partial charge in [0.15, 0.2) is 0 Å². The van der Waals surface area contributed by atoms with Gasteiger partial charge in [-0.2, -0.15) is 5.10 Å². The Kier molecular flexibility index (Phi) is 5.97. The summed E-state index contributed by atoms with van der Waals surface area (Å²) in [6.45, 7) is 1.19. The van der Waals surface area contributed by atoms with E-state index in [2.05, 4.69) is 10.4 Å². The number of nitrogen functional groups attached to an aromatic ring is 1. The topological polar surface area (TPSA) is 99.0 Å². The van der Waals surface area contributed by atoms with Gasteiger partial charge in [0.05, 0.1) is 11.4 Å². The lowest BCUT2D eigenvalue weighted by Gasteiger charge is -2.04. The molecule has 22 heavy (non-hydrogen) atoms. The number of nitrogens with zero attached hydrogens (tertiary/aromatic N) is 2. The van der Waals surface area contributed by atoms with E-state index in [1.54, 1.807) is 4.68 Å². The number of hydrogen-bond donors (Lipinski definition) is 3. The molecule has 118 valence electrons. The number of aromatic nitrogens is 2. The molecule has 0 radical (unpaired) electrons. The van der Waals surface area contributed by atoms with Crippen molar-refractivity contribution in [1.29, 1.82) is 0 Å².